The molecule has 0 heterocycles. The summed E-state index contributed by atoms with van der Waals surface area (Å²) < 4.78 is 0. The number of halogens is 3. The third-order valence-corrected chi connectivity index (χ3v) is 2.79. The van der Waals surface area contributed by atoms with Gasteiger partial charge in [-0.1, -0.05) is 34.8 Å². The smallest absolute Gasteiger partial charge is 0.145 e. The fourth-order valence-electron chi connectivity index (χ4n) is 0.937. The van der Waals surface area contributed by atoms with E-state index < -0.39 is 0 Å². The first kappa shape index (κ1) is 11.6. The molecule has 0 unspecified atom stereocenters. The van der Waals surface area contributed by atoms with Gasteiger partial charge in [0.05, 0.1) is 10.0 Å². The van der Waals surface area contributed by atoms with Crippen LogP contribution in [0.25, 0.3) is 6.08 Å². The van der Waals surface area contributed by atoms with Gasteiger partial charge in [0.15, 0.2) is 0 Å². The summed E-state index contributed by atoms with van der Waals surface area (Å²) in [6.45, 7) is 1.67. The van der Waals surface area contributed by atoms with Crippen LogP contribution in [0.15, 0.2) is 17.7 Å². The molecule has 0 bridgehead atoms. The third-order valence-electron chi connectivity index (χ3n) is 1.64. The van der Waals surface area contributed by atoms with E-state index in [1.54, 1.807) is 25.1 Å². The second kappa shape index (κ2) is 4.83. The van der Waals surface area contributed by atoms with E-state index in [9.17, 15) is 4.79 Å². The zero-order valence-electron chi connectivity index (χ0n) is 7.35. The molecule has 0 atom stereocenters. The van der Waals surface area contributed by atoms with Crippen LogP contribution < -0.4 is 0 Å². The van der Waals surface area contributed by atoms with E-state index in [4.69, 9.17) is 34.8 Å². The van der Waals surface area contributed by atoms with E-state index in [0.29, 0.717) is 26.2 Å². The number of carbonyl (C=O) groups is 1. The number of hydrogen-bond acceptors (Lipinski definition) is 1. The lowest BCUT2D eigenvalue weighted by atomic mass is 10.1. The van der Waals surface area contributed by atoms with E-state index in [1.165, 1.54) is 0 Å². The van der Waals surface area contributed by atoms with Gasteiger partial charge in [0.2, 0.25) is 0 Å². The summed E-state index contributed by atoms with van der Waals surface area (Å²) in [7, 11) is 0. The standard InChI is InChI=1S/C10H7Cl3O/c1-6(5-14)4-7-8(11)2-3-9(12)10(7)13/h2-5H,1H3/b6-4-. The Morgan fingerprint density at radius 2 is 1.79 bits per heavy atom. The molecule has 14 heavy (non-hydrogen) atoms. The van der Waals surface area contributed by atoms with Gasteiger partial charge in [-0.15, -0.1) is 0 Å². The molecule has 0 spiro atoms. The van der Waals surface area contributed by atoms with Gasteiger partial charge < -0.3 is 0 Å². The molecular formula is C10H7Cl3O. The van der Waals surface area contributed by atoms with Crippen molar-refractivity contribution in [3.05, 3.63) is 38.3 Å². The summed E-state index contributed by atoms with van der Waals surface area (Å²) in [6.07, 6.45) is 2.33. The summed E-state index contributed by atoms with van der Waals surface area (Å²) >= 11 is 17.6. The molecule has 4 heteroatoms. The molecule has 0 N–H and O–H groups in total. The van der Waals surface area contributed by atoms with Crippen molar-refractivity contribution in [3.8, 4) is 0 Å². The van der Waals surface area contributed by atoms with Crippen molar-refractivity contribution >= 4 is 47.2 Å². The molecule has 1 rings (SSSR count). The highest BCUT2D eigenvalue weighted by Crippen LogP contribution is 2.32. The minimum Gasteiger partial charge on any atom is -0.298 e. The van der Waals surface area contributed by atoms with Crippen molar-refractivity contribution in [2.75, 3.05) is 0 Å². The first-order valence-electron chi connectivity index (χ1n) is 3.83. The number of carbonyl (C=O) groups excluding carboxylic acids is 1. The van der Waals surface area contributed by atoms with Crippen LogP contribution in [-0.4, -0.2) is 6.29 Å². The van der Waals surface area contributed by atoms with Gasteiger partial charge >= 0.3 is 0 Å². The van der Waals surface area contributed by atoms with Crippen molar-refractivity contribution in [3.63, 3.8) is 0 Å². The first-order valence-corrected chi connectivity index (χ1v) is 4.96. The topological polar surface area (TPSA) is 17.1 Å². The van der Waals surface area contributed by atoms with Crippen molar-refractivity contribution in [1.29, 1.82) is 0 Å². The summed E-state index contributed by atoms with van der Waals surface area (Å²) in [5, 5.41) is 1.25. The molecule has 74 valence electrons. The van der Waals surface area contributed by atoms with Crippen LogP contribution in [0.5, 0.6) is 0 Å². The predicted molar refractivity (Wildman–Crippen MR) is 61.2 cm³/mol. The van der Waals surface area contributed by atoms with Crippen LogP contribution in [0, 0.1) is 0 Å². The van der Waals surface area contributed by atoms with Crippen LogP contribution in [0.3, 0.4) is 0 Å². The van der Waals surface area contributed by atoms with E-state index >= 15 is 0 Å². The van der Waals surface area contributed by atoms with Gasteiger partial charge in [0.1, 0.15) is 6.29 Å². The van der Waals surface area contributed by atoms with Gasteiger partial charge in [-0.3, -0.25) is 4.79 Å². The lowest BCUT2D eigenvalue weighted by Gasteiger charge is -2.03. The summed E-state index contributed by atoms with van der Waals surface area (Å²) in [5.74, 6) is 0. The first-order chi connectivity index (χ1) is 6.56. The lowest BCUT2D eigenvalue weighted by molar-refractivity contribution is -0.104. The highest BCUT2D eigenvalue weighted by molar-refractivity contribution is 6.44. The van der Waals surface area contributed by atoms with Crippen molar-refractivity contribution in [1.82, 2.24) is 0 Å². The normalized spacial score (nSPS) is 11.6. The molecule has 0 aliphatic heterocycles. The Balaban J connectivity index is 3.33. The van der Waals surface area contributed by atoms with Gasteiger partial charge in [-0.25, -0.2) is 0 Å². The molecule has 0 aliphatic carbocycles. The minimum absolute atomic E-state index is 0.361. The molecule has 0 saturated carbocycles. The molecular weight excluding hydrogens is 242 g/mol. The molecule has 1 aromatic carbocycles. The Morgan fingerprint density at radius 1 is 1.21 bits per heavy atom. The van der Waals surface area contributed by atoms with E-state index in [2.05, 4.69) is 0 Å². The molecule has 1 aromatic rings. The van der Waals surface area contributed by atoms with Gasteiger partial charge in [0, 0.05) is 10.6 Å². The molecule has 0 aromatic heterocycles. The number of allylic oxidation sites excluding steroid dienone is 1. The van der Waals surface area contributed by atoms with Crippen LogP contribution in [-0.2, 0) is 4.79 Å². The second-order valence-corrected chi connectivity index (χ2v) is 3.96. The average molecular weight is 250 g/mol. The van der Waals surface area contributed by atoms with E-state index in [-0.39, 0.29) is 0 Å². The van der Waals surface area contributed by atoms with Gasteiger partial charge in [-0.2, -0.15) is 0 Å². The van der Waals surface area contributed by atoms with Crippen LogP contribution >= 0.6 is 34.8 Å². The van der Waals surface area contributed by atoms with Crippen molar-refractivity contribution in [2.45, 2.75) is 6.92 Å². The van der Waals surface area contributed by atoms with Crippen LogP contribution in [0.1, 0.15) is 12.5 Å². The predicted octanol–water partition coefficient (Wildman–Crippen LogP) is 4.25. The summed E-state index contributed by atoms with van der Waals surface area (Å²) in [5.41, 5.74) is 1.11. The van der Waals surface area contributed by atoms with E-state index in [1.807, 2.05) is 0 Å². The largest absolute Gasteiger partial charge is 0.298 e. The molecule has 0 aliphatic rings. The Labute approximate surface area is 97.3 Å². The maximum atomic E-state index is 10.4. The zero-order valence-corrected chi connectivity index (χ0v) is 9.62. The number of hydrogen-bond donors (Lipinski definition) is 0. The SMILES string of the molecule is C/C(C=O)=C/c1c(Cl)ccc(Cl)c1Cl. The second-order valence-electron chi connectivity index (χ2n) is 2.76. The molecule has 0 radical (unpaired) electrons. The van der Waals surface area contributed by atoms with Crippen molar-refractivity contribution < 1.29 is 4.79 Å². The molecule has 0 saturated heterocycles. The lowest BCUT2D eigenvalue weighted by Crippen LogP contribution is -1.83. The Hall–Kier alpha value is -0.500. The van der Waals surface area contributed by atoms with Crippen LogP contribution in [0.2, 0.25) is 15.1 Å². The summed E-state index contributed by atoms with van der Waals surface area (Å²) in [4.78, 5) is 10.4. The van der Waals surface area contributed by atoms with E-state index in [0.717, 1.165) is 6.29 Å². The molecule has 0 amide bonds. The third kappa shape index (κ3) is 2.50. The highest BCUT2D eigenvalue weighted by atomic mass is 35.5. The maximum absolute atomic E-state index is 10.4. The zero-order chi connectivity index (χ0) is 10.7. The molecule has 1 nitrogen and oxygen atoms in total. The summed E-state index contributed by atoms with van der Waals surface area (Å²) in [6, 6.07) is 3.25. The van der Waals surface area contributed by atoms with Crippen LogP contribution in [0.4, 0.5) is 0 Å². The average Bonchev–Trinajstić information content (AvgIpc) is 2.18. The Kier molecular flexibility index (Phi) is 3.99. The monoisotopic (exact) mass is 248 g/mol. The molecule has 0 fully saturated rings. The van der Waals surface area contributed by atoms with Crippen molar-refractivity contribution in [2.24, 2.45) is 0 Å². The highest BCUT2D eigenvalue weighted by Gasteiger charge is 2.07. The Bertz CT molecular complexity index is 397. The Morgan fingerprint density at radius 3 is 2.36 bits per heavy atom. The number of benzene rings is 1. The maximum Gasteiger partial charge on any atom is 0.145 e. The van der Waals surface area contributed by atoms with Gasteiger partial charge in [-0.05, 0) is 30.7 Å². The number of aldehydes is 1. The quantitative estimate of drug-likeness (QED) is 0.435. The van der Waals surface area contributed by atoms with Gasteiger partial charge in [0.25, 0.3) is 0 Å². The number of rotatable bonds is 2. The fraction of sp³-hybridized carbons (Fsp3) is 0.100. The fourth-order valence-corrected chi connectivity index (χ4v) is 1.58. The minimum atomic E-state index is 0.361.